The van der Waals surface area contributed by atoms with Crippen molar-refractivity contribution in [3.8, 4) is 0 Å². The Labute approximate surface area is 199 Å². The van der Waals surface area contributed by atoms with E-state index in [2.05, 4.69) is 55.5 Å². The lowest BCUT2D eigenvalue weighted by molar-refractivity contribution is 0.225. The van der Waals surface area contributed by atoms with Gasteiger partial charge in [0.05, 0.1) is 18.1 Å². The zero-order valence-corrected chi connectivity index (χ0v) is 19.9. The van der Waals surface area contributed by atoms with Crippen LogP contribution in [0.4, 0.5) is 0 Å². The van der Waals surface area contributed by atoms with Crippen molar-refractivity contribution in [1.29, 1.82) is 0 Å². The Bertz CT molecular complexity index is 1320. The first-order valence-corrected chi connectivity index (χ1v) is 12.1. The van der Waals surface area contributed by atoms with Crippen LogP contribution in [0.5, 0.6) is 0 Å². The van der Waals surface area contributed by atoms with Gasteiger partial charge in [-0.3, -0.25) is 14.7 Å². The number of aromatic nitrogens is 6. The largest absolute Gasteiger partial charge is 0.321 e. The summed E-state index contributed by atoms with van der Waals surface area (Å²) in [6.45, 7) is 5.81. The van der Waals surface area contributed by atoms with Crippen molar-refractivity contribution < 1.29 is 0 Å². The van der Waals surface area contributed by atoms with Gasteiger partial charge in [0.1, 0.15) is 0 Å². The topological polar surface area (TPSA) is 92.6 Å². The number of H-pyrrole nitrogens is 1. The highest BCUT2D eigenvalue weighted by atomic mass is 16.1. The number of hydrogen-bond donors (Lipinski definition) is 1. The Balaban J connectivity index is 1.45. The number of rotatable bonds is 7. The minimum Gasteiger partial charge on any atom is -0.321 e. The molecule has 34 heavy (non-hydrogen) atoms. The predicted octanol–water partition coefficient (Wildman–Crippen LogP) is 4.23. The second kappa shape index (κ2) is 9.85. The summed E-state index contributed by atoms with van der Waals surface area (Å²) in [6, 6.07) is 10.5. The first kappa shape index (κ1) is 22.4. The quantitative estimate of drug-likeness (QED) is 0.446. The van der Waals surface area contributed by atoms with Gasteiger partial charge in [0, 0.05) is 31.0 Å². The number of nitrogens with zero attached hydrogens (tertiary/aromatic N) is 6. The second-order valence-electron chi connectivity index (χ2n) is 9.43. The molecule has 0 aliphatic heterocycles. The van der Waals surface area contributed by atoms with Crippen LogP contribution in [-0.2, 0) is 19.6 Å². The molecule has 0 bridgehead atoms. The highest BCUT2D eigenvalue weighted by Crippen LogP contribution is 2.28. The minimum absolute atomic E-state index is 0.0516. The maximum Gasteiger partial charge on any atom is 0.252 e. The number of tetrazole rings is 1. The molecule has 8 heteroatoms. The van der Waals surface area contributed by atoms with Gasteiger partial charge >= 0.3 is 0 Å². The fraction of sp³-hybridized carbons (Fsp3) is 0.423. The summed E-state index contributed by atoms with van der Waals surface area (Å²) in [5.74, 6) is 0.847. The summed E-state index contributed by atoms with van der Waals surface area (Å²) in [7, 11) is 0. The lowest BCUT2D eigenvalue weighted by Crippen LogP contribution is -2.29. The van der Waals surface area contributed by atoms with Gasteiger partial charge in [0.25, 0.3) is 5.56 Å². The summed E-state index contributed by atoms with van der Waals surface area (Å²) in [5.41, 5.74) is 4.96. The van der Waals surface area contributed by atoms with Crippen molar-refractivity contribution in [2.75, 3.05) is 0 Å². The molecule has 1 N–H and O–H groups in total. The van der Waals surface area contributed by atoms with E-state index in [-0.39, 0.29) is 5.56 Å². The molecule has 0 radical (unpaired) electrons. The molecule has 0 saturated heterocycles. The number of fused-ring (bicyclic) bond motifs is 1. The number of nitrogens with one attached hydrogen (secondary N) is 1. The molecule has 0 spiro atoms. The smallest absolute Gasteiger partial charge is 0.252 e. The Morgan fingerprint density at radius 3 is 2.74 bits per heavy atom. The van der Waals surface area contributed by atoms with Gasteiger partial charge in [-0.1, -0.05) is 37.5 Å². The fourth-order valence-corrected chi connectivity index (χ4v) is 4.97. The van der Waals surface area contributed by atoms with Gasteiger partial charge in [-0.05, 0) is 71.3 Å². The molecule has 1 aliphatic rings. The minimum atomic E-state index is -0.0516. The number of benzene rings is 1. The summed E-state index contributed by atoms with van der Waals surface area (Å²) < 4.78 is 2.01. The van der Waals surface area contributed by atoms with Crippen molar-refractivity contribution in [3.05, 3.63) is 81.2 Å². The monoisotopic (exact) mass is 457 g/mol. The van der Waals surface area contributed by atoms with Crippen molar-refractivity contribution in [2.24, 2.45) is 0 Å². The summed E-state index contributed by atoms with van der Waals surface area (Å²) in [5, 5.41) is 13.7. The lowest BCUT2D eigenvalue weighted by atomic mass is 9.95. The van der Waals surface area contributed by atoms with Crippen LogP contribution in [0.1, 0.15) is 66.2 Å². The van der Waals surface area contributed by atoms with E-state index in [0.717, 1.165) is 46.3 Å². The molecule has 0 amide bonds. The second-order valence-corrected chi connectivity index (χ2v) is 9.43. The fourth-order valence-electron chi connectivity index (χ4n) is 4.97. The number of aryl methyl sites for hydroxylation is 2. The highest BCUT2D eigenvalue weighted by molar-refractivity contribution is 5.83. The third-order valence-corrected chi connectivity index (χ3v) is 7.00. The van der Waals surface area contributed by atoms with Gasteiger partial charge in [0.2, 0.25) is 0 Å². The van der Waals surface area contributed by atoms with E-state index in [9.17, 15) is 4.79 Å². The molecule has 1 aliphatic carbocycles. The summed E-state index contributed by atoms with van der Waals surface area (Å²) >= 11 is 0. The van der Waals surface area contributed by atoms with Gasteiger partial charge in [-0.2, -0.15) is 0 Å². The number of pyridine rings is 2. The van der Waals surface area contributed by atoms with Crippen LogP contribution in [-0.4, -0.2) is 35.1 Å². The summed E-state index contributed by atoms with van der Waals surface area (Å²) in [6.07, 6.45) is 9.59. The van der Waals surface area contributed by atoms with Gasteiger partial charge in [-0.25, -0.2) is 4.68 Å². The Kier molecular flexibility index (Phi) is 6.49. The molecule has 0 unspecified atom stereocenters. The van der Waals surface area contributed by atoms with Gasteiger partial charge in [0.15, 0.2) is 5.82 Å². The standard InChI is InChI=1S/C26H31N7O/c1-18-10-11-21-13-22(26(34)28-25(21)19(18)2)16-32(15-20-7-6-12-27-14-20)17-24-29-30-31-33(24)23-8-4-3-5-9-23/h6-7,10-14,23H,3-5,8-9,15-17H2,1-2H3,(H,28,34). The van der Waals surface area contributed by atoms with E-state index < -0.39 is 0 Å². The van der Waals surface area contributed by atoms with Crippen molar-refractivity contribution in [1.82, 2.24) is 35.1 Å². The summed E-state index contributed by atoms with van der Waals surface area (Å²) in [4.78, 5) is 22.7. The van der Waals surface area contributed by atoms with Crippen LogP contribution in [0, 0.1) is 13.8 Å². The Morgan fingerprint density at radius 2 is 1.94 bits per heavy atom. The van der Waals surface area contributed by atoms with E-state index in [4.69, 9.17) is 0 Å². The van der Waals surface area contributed by atoms with E-state index in [1.54, 1.807) is 6.20 Å². The third kappa shape index (κ3) is 4.77. The van der Waals surface area contributed by atoms with Gasteiger partial charge < -0.3 is 4.98 Å². The maximum atomic E-state index is 13.1. The number of hydrogen-bond acceptors (Lipinski definition) is 6. The van der Waals surface area contributed by atoms with Crippen LogP contribution in [0.15, 0.2) is 47.5 Å². The predicted molar refractivity (Wildman–Crippen MR) is 131 cm³/mol. The Hall–Kier alpha value is -3.39. The van der Waals surface area contributed by atoms with Crippen molar-refractivity contribution in [3.63, 3.8) is 0 Å². The van der Waals surface area contributed by atoms with E-state index in [0.29, 0.717) is 25.7 Å². The van der Waals surface area contributed by atoms with E-state index >= 15 is 0 Å². The molecule has 4 aromatic rings. The lowest BCUT2D eigenvalue weighted by Gasteiger charge is -2.25. The van der Waals surface area contributed by atoms with Crippen molar-refractivity contribution >= 4 is 10.9 Å². The van der Waals surface area contributed by atoms with Gasteiger partial charge in [-0.15, -0.1) is 5.10 Å². The average Bonchev–Trinajstić information content (AvgIpc) is 3.32. The molecule has 3 heterocycles. The SMILES string of the molecule is Cc1ccc2cc(CN(Cc3cccnc3)Cc3nnnn3C3CCCCC3)c(=O)[nH]c2c1C. The zero-order valence-electron chi connectivity index (χ0n) is 19.9. The molecule has 176 valence electrons. The van der Waals surface area contributed by atoms with Crippen LogP contribution in [0.3, 0.4) is 0 Å². The molecular formula is C26H31N7O. The normalized spacial score (nSPS) is 14.8. The first-order valence-electron chi connectivity index (χ1n) is 12.1. The Morgan fingerprint density at radius 1 is 1.09 bits per heavy atom. The van der Waals surface area contributed by atoms with Crippen LogP contribution in [0.25, 0.3) is 10.9 Å². The molecule has 8 nitrogen and oxygen atoms in total. The van der Waals surface area contributed by atoms with Crippen LogP contribution < -0.4 is 5.56 Å². The third-order valence-electron chi connectivity index (χ3n) is 7.00. The molecule has 5 rings (SSSR count). The van der Waals surface area contributed by atoms with Crippen LogP contribution >= 0.6 is 0 Å². The molecule has 3 aromatic heterocycles. The average molecular weight is 458 g/mol. The van der Waals surface area contributed by atoms with Crippen molar-refractivity contribution in [2.45, 2.75) is 71.6 Å². The molecule has 1 saturated carbocycles. The highest BCUT2D eigenvalue weighted by Gasteiger charge is 2.22. The van der Waals surface area contributed by atoms with E-state index in [1.807, 2.05) is 29.9 Å². The first-order chi connectivity index (χ1) is 16.6. The maximum absolute atomic E-state index is 13.1. The number of aromatic amines is 1. The molecule has 1 aromatic carbocycles. The zero-order chi connectivity index (χ0) is 23.5. The van der Waals surface area contributed by atoms with E-state index in [1.165, 1.54) is 24.8 Å². The molecule has 1 fully saturated rings. The molecular weight excluding hydrogens is 426 g/mol. The van der Waals surface area contributed by atoms with Crippen LogP contribution in [0.2, 0.25) is 0 Å². The molecule has 0 atom stereocenters.